The first-order chi connectivity index (χ1) is 11.6. The number of hydrogen-bond donors (Lipinski definition) is 1. The quantitative estimate of drug-likeness (QED) is 0.706. The number of amides is 1. The number of nitrogens with one attached hydrogen (secondary N) is 1. The molecule has 0 aromatic heterocycles. The number of halogens is 2. The van der Waals surface area contributed by atoms with Crippen molar-refractivity contribution in [2.45, 2.75) is 6.92 Å². The lowest BCUT2D eigenvalue weighted by atomic mass is 10.0. The lowest BCUT2D eigenvalue weighted by Gasteiger charge is -2.09. The Balaban J connectivity index is 1.81. The summed E-state index contributed by atoms with van der Waals surface area (Å²) in [5.74, 6) is -2.88. The molecule has 1 amide bonds. The third-order valence-corrected chi connectivity index (χ3v) is 3.80. The second-order valence-corrected chi connectivity index (χ2v) is 5.45. The minimum absolute atomic E-state index is 0.321. The molecule has 0 aliphatic rings. The normalized spacial score (nSPS) is 10.5. The highest BCUT2D eigenvalue weighted by Crippen LogP contribution is 2.24. The van der Waals surface area contributed by atoms with Crippen LogP contribution in [0.2, 0.25) is 0 Å². The van der Waals surface area contributed by atoms with E-state index in [2.05, 4.69) is 5.32 Å². The molecule has 0 heterocycles. The largest absolute Gasteiger partial charge is 0.322 e. The molecule has 0 saturated heterocycles. The van der Waals surface area contributed by atoms with Crippen LogP contribution in [-0.4, -0.2) is 5.91 Å². The maximum Gasteiger partial charge on any atom is 0.258 e. The fourth-order valence-electron chi connectivity index (χ4n) is 2.51. The first-order valence-corrected chi connectivity index (χ1v) is 7.47. The Morgan fingerprint density at radius 3 is 2.29 bits per heavy atom. The van der Waals surface area contributed by atoms with Crippen LogP contribution in [0.3, 0.4) is 0 Å². The molecule has 1 N–H and O–H groups in total. The summed E-state index contributed by atoms with van der Waals surface area (Å²) >= 11 is 0. The van der Waals surface area contributed by atoms with Crippen LogP contribution in [0.25, 0.3) is 11.1 Å². The summed E-state index contributed by atoms with van der Waals surface area (Å²) in [5.41, 5.74) is 3.46. The number of benzene rings is 3. The van der Waals surface area contributed by atoms with E-state index in [-0.39, 0.29) is 5.56 Å². The summed E-state index contributed by atoms with van der Waals surface area (Å²) in [7, 11) is 0. The van der Waals surface area contributed by atoms with Crippen molar-refractivity contribution >= 4 is 11.6 Å². The second-order valence-electron chi connectivity index (χ2n) is 5.45. The molecule has 0 aliphatic carbocycles. The van der Waals surface area contributed by atoms with Gasteiger partial charge in [0.25, 0.3) is 5.91 Å². The summed E-state index contributed by atoms with van der Waals surface area (Å²) in [6.07, 6.45) is 0. The van der Waals surface area contributed by atoms with Crippen molar-refractivity contribution in [2.24, 2.45) is 0 Å². The molecule has 0 aliphatic heterocycles. The molecule has 3 rings (SSSR count). The molecular formula is C20H15F2NO. The summed E-state index contributed by atoms with van der Waals surface area (Å²) < 4.78 is 26.9. The zero-order valence-corrected chi connectivity index (χ0v) is 13.0. The molecule has 2 nitrogen and oxygen atoms in total. The maximum atomic E-state index is 13.6. The van der Waals surface area contributed by atoms with Gasteiger partial charge in [-0.3, -0.25) is 4.79 Å². The van der Waals surface area contributed by atoms with Gasteiger partial charge in [-0.05, 0) is 47.9 Å². The van der Waals surface area contributed by atoms with Crippen LogP contribution in [0.1, 0.15) is 15.9 Å². The molecule has 3 aromatic carbocycles. The average Bonchev–Trinajstić information content (AvgIpc) is 2.58. The van der Waals surface area contributed by atoms with Gasteiger partial charge in [-0.25, -0.2) is 8.78 Å². The third kappa shape index (κ3) is 3.18. The zero-order valence-electron chi connectivity index (χ0n) is 13.0. The Morgan fingerprint density at radius 1 is 0.875 bits per heavy atom. The molecule has 24 heavy (non-hydrogen) atoms. The van der Waals surface area contributed by atoms with Gasteiger partial charge in [0.05, 0.1) is 5.56 Å². The van der Waals surface area contributed by atoms with E-state index in [0.29, 0.717) is 5.69 Å². The summed E-state index contributed by atoms with van der Waals surface area (Å²) in [4.78, 5) is 12.1. The predicted octanol–water partition coefficient (Wildman–Crippen LogP) is 5.19. The first kappa shape index (κ1) is 15.9. The Morgan fingerprint density at radius 2 is 1.58 bits per heavy atom. The van der Waals surface area contributed by atoms with Gasteiger partial charge in [0.2, 0.25) is 0 Å². The fraction of sp³-hybridized carbons (Fsp3) is 0.0500. The summed E-state index contributed by atoms with van der Waals surface area (Å²) in [6, 6.07) is 18.7. The molecule has 3 aromatic rings. The van der Waals surface area contributed by atoms with Crippen molar-refractivity contribution in [3.8, 4) is 11.1 Å². The van der Waals surface area contributed by atoms with Crippen molar-refractivity contribution < 1.29 is 13.6 Å². The number of hydrogen-bond acceptors (Lipinski definition) is 1. The van der Waals surface area contributed by atoms with E-state index >= 15 is 0 Å². The van der Waals surface area contributed by atoms with Crippen LogP contribution in [0, 0.1) is 18.6 Å². The van der Waals surface area contributed by atoms with Crippen molar-refractivity contribution in [1.82, 2.24) is 0 Å². The van der Waals surface area contributed by atoms with Gasteiger partial charge < -0.3 is 5.32 Å². The van der Waals surface area contributed by atoms with E-state index in [9.17, 15) is 13.6 Å². The number of aryl methyl sites for hydroxylation is 1. The number of carbonyl (C=O) groups excluding carboxylic acids is 1. The lowest BCUT2D eigenvalue weighted by Crippen LogP contribution is -2.14. The van der Waals surface area contributed by atoms with E-state index in [4.69, 9.17) is 0 Å². The topological polar surface area (TPSA) is 29.1 Å². The first-order valence-electron chi connectivity index (χ1n) is 7.47. The van der Waals surface area contributed by atoms with Crippen LogP contribution in [0.4, 0.5) is 14.5 Å². The van der Waals surface area contributed by atoms with E-state index < -0.39 is 17.5 Å². The Hall–Kier alpha value is -3.01. The van der Waals surface area contributed by atoms with E-state index in [1.54, 1.807) is 12.1 Å². The van der Waals surface area contributed by atoms with Gasteiger partial charge in [-0.1, -0.05) is 42.5 Å². The van der Waals surface area contributed by atoms with Gasteiger partial charge in [-0.15, -0.1) is 0 Å². The molecule has 0 bridgehead atoms. The molecule has 0 spiro atoms. The van der Waals surface area contributed by atoms with E-state index in [1.807, 2.05) is 43.3 Å². The van der Waals surface area contributed by atoms with Gasteiger partial charge >= 0.3 is 0 Å². The third-order valence-electron chi connectivity index (χ3n) is 3.80. The molecule has 120 valence electrons. The number of carbonyl (C=O) groups is 1. The van der Waals surface area contributed by atoms with Crippen molar-refractivity contribution in [3.63, 3.8) is 0 Å². The van der Waals surface area contributed by atoms with E-state index in [0.717, 1.165) is 22.8 Å². The monoisotopic (exact) mass is 323 g/mol. The molecule has 0 radical (unpaired) electrons. The molecule has 0 fully saturated rings. The standard InChI is InChI=1S/C20H15F2NO/c1-13-5-2-3-6-16(13)14-9-11-15(12-10-14)23-20(24)17-7-4-8-18(21)19(17)22/h2-12H,1H3,(H,23,24). The molecule has 0 saturated carbocycles. The smallest absolute Gasteiger partial charge is 0.258 e. The van der Waals surface area contributed by atoms with Crippen molar-refractivity contribution in [2.75, 3.05) is 5.32 Å². The number of rotatable bonds is 3. The van der Waals surface area contributed by atoms with Crippen LogP contribution in [0.5, 0.6) is 0 Å². The van der Waals surface area contributed by atoms with Crippen LogP contribution in [-0.2, 0) is 0 Å². The molecule has 4 heteroatoms. The van der Waals surface area contributed by atoms with E-state index in [1.165, 1.54) is 12.1 Å². The number of anilines is 1. The average molecular weight is 323 g/mol. The zero-order chi connectivity index (χ0) is 17.1. The predicted molar refractivity (Wildman–Crippen MR) is 90.9 cm³/mol. The van der Waals surface area contributed by atoms with Gasteiger partial charge in [0.15, 0.2) is 11.6 Å². The van der Waals surface area contributed by atoms with Crippen molar-refractivity contribution in [3.05, 3.63) is 89.5 Å². The SMILES string of the molecule is Cc1ccccc1-c1ccc(NC(=O)c2cccc(F)c2F)cc1. The minimum Gasteiger partial charge on any atom is -0.322 e. The highest BCUT2D eigenvalue weighted by atomic mass is 19.2. The second kappa shape index (κ2) is 6.62. The van der Waals surface area contributed by atoms with Gasteiger partial charge in [0, 0.05) is 5.69 Å². The summed E-state index contributed by atoms with van der Waals surface area (Å²) in [6.45, 7) is 2.03. The maximum absolute atomic E-state index is 13.6. The molecular weight excluding hydrogens is 308 g/mol. The minimum atomic E-state index is -1.15. The lowest BCUT2D eigenvalue weighted by molar-refractivity contribution is 0.102. The highest BCUT2D eigenvalue weighted by molar-refractivity contribution is 6.04. The van der Waals surface area contributed by atoms with Crippen LogP contribution in [0.15, 0.2) is 66.7 Å². The van der Waals surface area contributed by atoms with Gasteiger partial charge in [0.1, 0.15) is 0 Å². The Kier molecular flexibility index (Phi) is 4.38. The highest BCUT2D eigenvalue weighted by Gasteiger charge is 2.15. The summed E-state index contributed by atoms with van der Waals surface area (Å²) in [5, 5.41) is 2.57. The van der Waals surface area contributed by atoms with Crippen molar-refractivity contribution in [1.29, 1.82) is 0 Å². The Labute approximate surface area is 138 Å². The van der Waals surface area contributed by atoms with Crippen LogP contribution >= 0.6 is 0 Å². The molecule has 0 unspecified atom stereocenters. The van der Waals surface area contributed by atoms with Crippen LogP contribution < -0.4 is 5.32 Å². The Bertz CT molecular complexity index is 888. The fourth-order valence-corrected chi connectivity index (χ4v) is 2.51. The van der Waals surface area contributed by atoms with Gasteiger partial charge in [-0.2, -0.15) is 0 Å². The molecule has 0 atom stereocenters.